The number of rotatable bonds is 4. The van der Waals surface area contributed by atoms with E-state index in [0.717, 1.165) is 22.4 Å². The molecule has 1 fully saturated rings. The third kappa shape index (κ3) is 3.67. The molecule has 1 aliphatic rings. The molecule has 0 bridgehead atoms. The number of nitrogens with zero attached hydrogens (tertiary/aromatic N) is 3. The van der Waals surface area contributed by atoms with E-state index in [1.807, 2.05) is 30.3 Å². The van der Waals surface area contributed by atoms with Crippen LogP contribution >= 0.6 is 0 Å². The van der Waals surface area contributed by atoms with Crippen LogP contribution in [0.2, 0.25) is 0 Å². The first-order valence-electron chi connectivity index (χ1n) is 10.8. The summed E-state index contributed by atoms with van der Waals surface area (Å²) in [6, 6.07) is 21.2. The Morgan fingerprint density at radius 1 is 0.875 bits per heavy atom. The van der Waals surface area contributed by atoms with Gasteiger partial charge in [-0.1, -0.05) is 42.5 Å². The molecule has 7 heteroatoms. The zero-order chi connectivity index (χ0) is 22.3. The van der Waals surface area contributed by atoms with Gasteiger partial charge in [-0.2, -0.15) is 4.31 Å². The van der Waals surface area contributed by atoms with Crippen molar-refractivity contribution in [2.45, 2.75) is 18.7 Å². The highest BCUT2D eigenvalue weighted by atomic mass is 32.2. The van der Waals surface area contributed by atoms with E-state index >= 15 is 0 Å². The number of nitrogens with one attached hydrogen (secondary N) is 1. The summed E-state index contributed by atoms with van der Waals surface area (Å²) < 4.78 is 28.3. The monoisotopic (exact) mass is 446 g/mol. The summed E-state index contributed by atoms with van der Waals surface area (Å²) in [7, 11) is -3.57. The van der Waals surface area contributed by atoms with Crippen molar-refractivity contribution in [1.82, 2.24) is 14.3 Å². The molecule has 0 amide bonds. The van der Waals surface area contributed by atoms with Gasteiger partial charge in [-0.05, 0) is 49.2 Å². The summed E-state index contributed by atoms with van der Waals surface area (Å²) in [6.45, 7) is 6.51. The fourth-order valence-corrected chi connectivity index (χ4v) is 5.73. The number of aryl methyl sites for hydroxylation is 1. The fourth-order valence-electron chi connectivity index (χ4n) is 4.28. The number of aromatic nitrogens is 2. The molecule has 1 N–H and O–H groups in total. The first-order chi connectivity index (χ1) is 15.4. The molecule has 0 unspecified atom stereocenters. The number of aromatic amines is 1. The molecule has 1 saturated heterocycles. The smallest absolute Gasteiger partial charge is 0.243 e. The molecule has 2 heterocycles. The van der Waals surface area contributed by atoms with Crippen molar-refractivity contribution in [3.63, 3.8) is 0 Å². The minimum absolute atomic E-state index is 0.299. The summed E-state index contributed by atoms with van der Waals surface area (Å²) in [5, 5.41) is 0. The van der Waals surface area contributed by atoms with Gasteiger partial charge in [-0.3, -0.25) is 0 Å². The van der Waals surface area contributed by atoms with Crippen LogP contribution in [-0.2, 0) is 10.0 Å². The van der Waals surface area contributed by atoms with Gasteiger partial charge < -0.3 is 9.88 Å². The van der Waals surface area contributed by atoms with E-state index in [1.165, 1.54) is 16.8 Å². The molecule has 6 nitrogen and oxygen atoms in total. The zero-order valence-electron chi connectivity index (χ0n) is 18.2. The maximum absolute atomic E-state index is 13.3. The number of hydrogen-bond acceptors (Lipinski definition) is 4. The molecular weight excluding hydrogens is 420 g/mol. The van der Waals surface area contributed by atoms with Crippen LogP contribution in [0.1, 0.15) is 11.1 Å². The molecule has 0 aliphatic carbocycles. The maximum atomic E-state index is 13.3. The highest BCUT2D eigenvalue weighted by Crippen LogP contribution is 2.27. The molecule has 4 aromatic rings. The Labute approximate surface area is 188 Å². The van der Waals surface area contributed by atoms with Crippen molar-refractivity contribution < 1.29 is 8.42 Å². The molecule has 32 heavy (non-hydrogen) atoms. The molecule has 0 atom stereocenters. The summed E-state index contributed by atoms with van der Waals surface area (Å²) in [6.07, 6.45) is 0. The minimum Gasteiger partial charge on any atom is -0.369 e. The van der Waals surface area contributed by atoms with E-state index < -0.39 is 10.0 Å². The number of anilines is 1. The SMILES string of the molecule is Cc1cccc(N2CCN(S(=O)(=O)c3ccc4nc(-c5ccccc5)[nH]c4c3)CC2)c1C. The third-order valence-corrected chi connectivity index (χ3v) is 8.19. The van der Waals surface area contributed by atoms with Gasteiger partial charge in [0.25, 0.3) is 0 Å². The van der Waals surface area contributed by atoms with Gasteiger partial charge in [0, 0.05) is 37.4 Å². The van der Waals surface area contributed by atoms with Crippen molar-refractivity contribution in [2.24, 2.45) is 0 Å². The van der Waals surface area contributed by atoms with E-state index in [9.17, 15) is 8.42 Å². The molecular formula is C25H26N4O2S. The number of hydrogen-bond donors (Lipinski definition) is 1. The van der Waals surface area contributed by atoms with Gasteiger partial charge in [-0.15, -0.1) is 0 Å². The van der Waals surface area contributed by atoms with Crippen LogP contribution < -0.4 is 4.90 Å². The third-order valence-electron chi connectivity index (χ3n) is 6.29. The normalized spacial score (nSPS) is 15.4. The van der Waals surface area contributed by atoms with E-state index in [1.54, 1.807) is 22.5 Å². The van der Waals surface area contributed by atoms with E-state index in [2.05, 4.69) is 46.9 Å². The lowest BCUT2D eigenvalue weighted by molar-refractivity contribution is 0.385. The standard InChI is InChI=1S/C25H26N4O2S/c1-18-7-6-10-24(19(18)2)28-13-15-29(16-14-28)32(30,31)21-11-12-22-23(17-21)27-25(26-22)20-8-4-3-5-9-20/h3-12,17H,13-16H2,1-2H3,(H,26,27). The highest BCUT2D eigenvalue weighted by Gasteiger charge is 2.29. The minimum atomic E-state index is -3.57. The van der Waals surface area contributed by atoms with E-state index in [4.69, 9.17) is 0 Å². The number of fused-ring (bicyclic) bond motifs is 1. The molecule has 1 aliphatic heterocycles. The first-order valence-corrected chi connectivity index (χ1v) is 12.2. The number of benzene rings is 3. The average molecular weight is 447 g/mol. The van der Waals surface area contributed by atoms with Crippen LogP contribution in [-0.4, -0.2) is 48.9 Å². The molecule has 0 radical (unpaired) electrons. The van der Waals surface area contributed by atoms with Gasteiger partial charge in [0.2, 0.25) is 10.0 Å². The second kappa shape index (κ2) is 8.07. The lowest BCUT2D eigenvalue weighted by Crippen LogP contribution is -2.48. The van der Waals surface area contributed by atoms with Gasteiger partial charge in [-0.25, -0.2) is 13.4 Å². The molecule has 0 spiro atoms. The van der Waals surface area contributed by atoms with Gasteiger partial charge in [0.15, 0.2) is 0 Å². The van der Waals surface area contributed by atoms with Crippen LogP contribution in [0.5, 0.6) is 0 Å². The molecule has 164 valence electrons. The lowest BCUT2D eigenvalue weighted by Gasteiger charge is -2.36. The average Bonchev–Trinajstić information content (AvgIpc) is 3.25. The lowest BCUT2D eigenvalue weighted by atomic mass is 10.1. The van der Waals surface area contributed by atoms with Crippen molar-refractivity contribution in [3.05, 3.63) is 77.9 Å². The van der Waals surface area contributed by atoms with Gasteiger partial charge >= 0.3 is 0 Å². The van der Waals surface area contributed by atoms with Crippen LogP contribution in [0, 0.1) is 13.8 Å². The summed E-state index contributed by atoms with van der Waals surface area (Å²) in [4.78, 5) is 10.4. The van der Waals surface area contributed by atoms with Crippen LogP contribution in [0.15, 0.2) is 71.6 Å². The second-order valence-electron chi connectivity index (χ2n) is 8.24. The Morgan fingerprint density at radius 3 is 2.38 bits per heavy atom. The van der Waals surface area contributed by atoms with Crippen molar-refractivity contribution in [2.75, 3.05) is 31.1 Å². The zero-order valence-corrected chi connectivity index (χ0v) is 19.1. The summed E-state index contributed by atoms with van der Waals surface area (Å²) in [5.41, 5.74) is 6.13. The van der Waals surface area contributed by atoms with Crippen LogP contribution in [0.4, 0.5) is 5.69 Å². The Morgan fingerprint density at radius 2 is 1.62 bits per heavy atom. The predicted octanol–water partition coefficient (Wildman–Crippen LogP) is 4.36. The Kier molecular flexibility index (Phi) is 5.23. The van der Waals surface area contributed by atoms with Crippen LogP contribution in [0.25, 0.3) is 22.4 Å². The topological polar surface area (TPSA) is 69.3 Å². The number of piperazine rings is 1. The van der Waals surface area contributed by atoms with Crippen molar-refractivity contribution in [3.8, 4) is 11.4 Å². The predicted molar refractivity (Wildman–Crippen MR) is 128 cm³/mol. The maximum Gasteiger partial charge on any atom is 0.243 e. The number of imidazole rings is 1. The summed E-state index contributed by atoms with van der Waals surface area (Å²) >= 11 is 0. The van der Waals surface area contributed by atoms with Crippen LogP contribution in [0.3, 0.4) is 0 Å². The molecule has 1 aromatic heterocycles. The highest BCUT2D eigenvalue weighted by molar-refractivity contribution is 7.89. The molecule has 3 aromatic carbocycles. The Bertz CT molecular complexity index is 1370. The van der Waals surface area contributed by atoms with Gasteiger partial charge in [0.05, 0.1) is 15.9 Å². The number of sulfonamides is 1. The fraction of sp³-hybridized carbons (Fsp3) is 0.240. The summed E-state index contributed by atoms with van der Waals surface area (Å²) in [5.74, 6) is 0.734. The quantitative estimate of drug-likeness (QED) is 0.506. The largest absolute Gasteiger partial charge is 0.369 e. The number of H-pyrrole nitrogens is 1. The molecule has 0 saturated carbocycles. The Hall–Kier alpha value is -3.16. The van der Waals surface area contributed by atoms with E-state index in [0.29, 0.717) is 31.1 Å². The van der Waals surface area contributed by atoms with Gasteiger partial charge in [0.1, 0.15) is 5.82 Å². The first kappa shape index (κ1) is 20.7. The van der Waals surface area contributed by atoms with E-state index in [-0.39, 0.29) is 0 Å². The van der Waals surface area contributed by atoms with Crippen molar-refractivity contribution in [1.29, 1.82) is 0 Å². The second-order valence-corrected chi connectivity index (χ2v) is 10.2. The molecule has 5 rings (SSSR count). The van der Waals surface area contributed by atoms with Crippen molar-refractivity contribution >= 4 is 26.7 Å². The Balaban J connectivity index is 1.37.